The van der Waals surface area contributed by atoms with Crippen LogP contribution in [0.25, 0.3) is 11.4 Å². The Bertz CT molecular complexity index is 779. The van der Waals surface area contributed by atoms with E-state index in [1.54, 1.807) is 6.20 Å². The van der Waals surface area contributed by atoms with Crippen molar-refractivity contribution < 1.29 is 0 Å². The summed E-state index contributed by atoms with van der Waals surface area (Å²) in [5, 5.41) is 7.67. The fraction of sp³-hybridized carbons (Fsp3) is 0.250. The van der Waals surface area contributed by atoms with Crippen LogP contribution in [0.4, 0.5) is 5.82 Å². The number of aromatic nitrogens is 5. The second-order valence-corrected chi connectivity index (χ2v) is 5.15. The number of hydrogen-bond donors (Lipinski definition) is 1. The van der Waals surface area contributed by atoms with Gasteiger partial charge in [-0.3, -0.25) is 9.67 Å². The van der Waals surface area contributed by atoms with Gasteiger partial charge in [0.15, 0.2) is 0 Å². The maximum Gasteiger partial charge on any atom is 0.130 e. The smallest absolute Gasteiger partial charge is 0.130 e. The largest absolute Gasteiger partial charge is 0.364 e. The van der Waals surface area contributed by atoms with Gasteiger partial charge >= 0.3 is 0 Å². The molecule has 3 heterocycles. The van der Waals surface area contributed by atoms with E-state index in [-0.39, 0.29) is 0 Å². The third-order valence-corrected chi connectivity index (χ3v) is 3.31. The highest BCUT2D eigenvalue weighted by Gasteiger charge is 2.07. The van der Waals surface area contributed by atoms with Crippen LogP contribution in [0.1, 0.15) is 17.2 Å². The average molecular weight is 294 g/mol. The molecule has 112 valence electrons. The number of pyridine rings is 1. The summed E-state index contributed by atoms with van der Waals surface area (Å²) in [6.07, 6.45) is 1.76. The molecule has 0 saturated carbocycles. The Morgan fingerprint density at radius 1 is 1.09 bits per heavy atom. The van der Waals surface area contributed by atoms with Crippen molar-refractivity contribution in [2.45, 2.75) is 20.4 Å². The normalized spacial score (nSPS) is 10.7. The molecular weight excluding hydrogens is 276 g/mol. The molecule has 1 N–H and O–H groups in total. The van der Waals surface area contributed by atoms with E-state index in [4.69, 9.17) is 0 Å². The molecule has 3 rings (SSSR count). The predicted molar refractivity (Wildman–Crippen MR) is 85.3 cm³/mol. The molecule has 0 aliphatic carbocycles. The van der Waals surface area contributed by atoms with Crippen LogP contribution >= 0.6 is 0 Å². The minimum atomic E-state index is 0.662. The first kappa shape index (κ1) is 14.2. The first-order valence-electron chi connectivity index (χ1n) is 7.12. The molecule has 22 heavy (non-hydrogen) atoms. The minimum absolute atomic E-state index is 0.662. The van der Waals surface area contributed by atoms with Crippen molar-refractivity contribution in [1.29, 1.82) is 0 Å². The van der Waals surface area contributed by atoms with Crippen molar-refractivity contribution in [3.8, 4) is 11.4 Å². The van der Waals surface area contributed by atoms with Crippen molar-refractivity contribution in [2.75, 3.05) is 5.32 Å². The van der Waals surface area contributed by atoms with E-state index in [9.17, 15) is 0 Å². The lowest BCUT2D eigenvalue weighted by atomic mass is 10.2. The molecule has 0 atom stereocenters. The molecule has 0 amide bonds. The van der Waals surface area contributed by atoms with Crippen LogP contribution in [0.15, 0.2) is 36.5 Å². The molecule has 0 unspecified atom stereocenters. The Balaban J connectivity index is 1.82. The lowest BCUT2D eigenvalue weighted by Gasteiger charge is -2.08. The van der Waals surface area contributed by atoms with Crippen LogP contribution in [-0.2, 0) is 13.6 Å². The van der Waals surface area contributed by atoms with Crippen LogP contribution in [0.2, 0.25) is 0 Å². The summed E-state index contributed by atoms with van der Waals surface area (Å²) in [7, 11) is 1.94. The standard InChI is InChI=1S/C16H18N6/c1-11-8-13(22(3)21-11)10-18-16-9-15(19-12(2)20-16)14-6-4-5-7-17-14/h4-9H,10H2,1-3H3,(H,18,19,20). The number of nitrogens with one attached hydrogen (secondary N) is 1. The van der Waals surface area contributed by atoms with Gasteiger partial charge in [-0.05, 0) is 32.0 Å². The van der Waals surface area contributed by atoms with E-state index in [1.807, 2.05) is 49.8 Å². The molecular formula is C16H18N6. The zero-order valence-corrected chi connectivity index (χ0v) is 12.9. The molecule has 3 aromatic rings. The van der Waals surface area contributed by atoms with Gasteiger partial charge in [-0.1, -0.05) is 6.07 Å². The maximum atomic E-state index is 4.45. The highest BCUT2D eigenvalue weighted by molar-refractivity contribution is 5.58. The summed E-state index contributed by atoms with van der Waals surface area (Å²) >= 11 is 0. The molecule has 0 saturated heterocycles. The van der Waals surface area contributed by atoms with Crippen LogP contribution in [0, 0.1) is 13.8 Å². The summed E-state index contributed by atoms with van der Waals surface area (Å²) < 4.78 is 1.87. The fourth-order valence-corrected chi connectivity index (χ4v) is 2.31. The molecule has 6 heteroatoms. The number of hydrogen-bond acceptors (Lipinski definition) is 5. The number of aryl methyl sites for hydroxylation is 3. The van der Waals surface area contributed by atoms with Crippen LogP contribution in [0.5, 0.6) is 0 Å². The van der Waals surface area contributed by atoms with E-state index in [0.29, 0.717) is 12.4 Å². The molecule has 0 spiro atoms. The van der Waals surface area contributed by atoms with Crippen molar-refractivity contribution >= 4 is 5.82 Å². The van der Waals surface area contributed by atoms with Crippen molar-refractivity contribution in [2.24, 2.45) is 7.05 Å². The van der Waals surface area contributed by atoms with Crippen LogP contribution in [-0.4, -0.2) is 24.7 Å². The van der Waals surface area contributed by atoms with Gasteiger partial charge in [-0.15, -0.1) is 0 Å². The average Bonchev–Trinajstić information content (AvgIpc) is 2.83. The molecule has 0 radical (unpaired) electrons. The van der Waals surface area contributed by atoms with Gasteiger partial charge < -0.3 is 5.32 Å². The van der Waals surface area contributed by atoms with Gasteiger partial charge in [0.25, 0.3) is 0 Å². The van der Waals surface area contributed by atoms with Crippen LogP contribution in [0.3, 0.4) is 0 Å². The summed E-state index contributed by atoms with van der Waals surface area (Å²) in [5.41, 5.74) is 3.77. The zero-order chi connectivity index (χ0) is 15.5. The second kappa shape index (κ2) is 5.93. The van der Waals surface area contributed by atoms with E-state index in [0.717, 1.165) is 28.6 Å². The lowest BCUT2D eigenvalue weighted by Crippen LogP contribution is -2.07. The molecule has 0 fully saturated rings. The highest BCUT2D eigenvalue weighted by atomic mass is 15.3. The molecule has 6 nitrogen and oxygen atoms in total. The topological polar surface area (TPSA) is 68.5 Å². The van der Waals surface area contributed by atoms with Crippen molar-refractivity contribution in [1.82, 2.24) is 24.7 Å². The summed E-state index contributed by atoms with van der Waals surface area (Å²) in [6.45, 7) is 4.53. The van der Waals surface area contributed by atoms with E-state index in [1.165, 1.54) is 0 Å². The van der Waals surface area contributed by atoms with Gasteiger partial charge in [0, 0.05) is 19.3 Å². The predicted octanol–water partition coefficient (Wildman–Crippen LogP) is 2.50. The molecule has 0 bridgehead atoms. The van der Waals surface area contributed by atoms with Gasteiger partial charge in [0.1, 0.15) is 11.6 Å². The number of nitrogens with zero attached hydrogens (tertiary/aromatic N) is 5. The van der Waals surface area contributed by atoms with E-state index >= 15 is 0 Å². The minimum Gasteiger partial charge on any atom is -0.364 e. The third kappa shape index (κ3) is 3.11. The Morgan fingerprint density at radius 3 is 2.64 bits per heavy atom. The quantitative estimate of drug-likeness (QED) is 0.800. The monoisotopic (exact) mass is 294 g/mol. The molecule has 0 aliphatic rings. The third-order valence-electron chi connectivity index (χ3n) is 3.31. The Morgan fingerprint density at radius 2 is 1.95 bits per heavy atom. The summed E-state index contributed by atoms with van der Waals surface area (Å²) in [5.74, 6) is 1.50. The number of rotatable bonds is 4. The van der Waals surface area contributed by atoms with Crippen LogP contribution < -0.4 is 5.32 Å². The number of anilines is 1. The van der Waals surface area contributed by atoms with Crippen molar-refractivity contribution in [3.05, 3.63) is 53.7 Å². The summed E-state index contributed by atoms with van der Waals surface area (Å²) in [4.78, 5) is 13.2. The fourth-order valence-electron chi connectivity index (χ4n) is 2.31. The lowest BCUT2D eigenvalue weighted by molar-refractivity contribution is 0.712. The van der Waals surface area contributed by atoms with Gasteiger partial charge in [-0.2, -0.15) is 5.10 Å². The first-order valence-corrected chi connectivity index (χ1v) is 7.12. The van der Waals surface area contributed by atoms with E-state index in [2.05, 4.69) is 31.4 Å². The van der Waals surface area contributed by atoms with Gasteiger partial charge in [-0.25, -0.2) is 9.97 Å². The maximum absolute atomic E-state index is 4.45. The second-order valence-electron chi connectivity index (χ2n) is 5.15. The highest BCUT2D eigenvalue weighted by Crippen LogP contribution is 2.17. The molecule has 0 aliphatic heterocycles. The summed E-state index contributed by atoms with van der Waals surface area (Å²) in [6, 6.07) is 9.75. The van der Waals surface area contributed by atoms with Crippen molar-refractivity contribution in [3.63, 3.8) is 0 Å². The Kier molecular flexibility index (Phi) is 3.82. The van der Waals surface area contributed by atoms with E-state index < -0.39 is 0 Å². The van der Waals surface area contributed by atoms with Gasteiger partial charge in [0.2, 0.25) is 0 Å². The zero-order valence-electron chi connectivity index (χ0n) is 12.9. The molecule has 3 aromatic heterocycles. The Hall–Kier alpha value is -2.76. The van der Waals surface area contributed by atoms with Gasteiger partial charge in [0.05, 0.1) is 29.3 Å². The Labute approximate surface area is 129 Å². The first-order chi connectivity index (χ1) is 10.6. The SMILES string of the molecule is Cc1cc(CNc2cc(-c3ccccn3)nc(C)n2)n(C)n1. The molecule has 0 aromatic carbocycles.